The van der Waals surface area contributed by atoms with Gasteiger partial charge >= 0.3 is 0 Å². The number of hydrogen-bond donors (Lipinski definition) is 3. The number of pyridine rings is 1. The third-order valence-corrected chi connectivity index (χ3v) is 8.74. The molecule has 0 unspecified atom stereocenters. The summed E-state index contributed by atoms with van der Waals surface area (Å²) in [4.78, 5) is 17.9. The monoisotopic (exact) mass is 528 g/mol. The topological polar surface area (TPSA) is 132 Å². The van der Waals surface area contributed by atoms with Crippen molar-refractivity contribution in [1.29, 1.82) is 0 Å². The summed E-state index contributed by atoms with van der Waals surface area (Å²) in [5, 5.41) is 8.93. The number of carbonyl (C=O) groups is 1. The summed E-state index contributed by atoms with van der Waals surface area (Å²) in [6, 6.07) is 9.00. The van der Waals surface area contributed by atoms with E-state index in [9.17, 15) is 13.2 Å². The van der Waals surface area contributed by atoms with Gasteiger partial charge in [0.25, 0.3) is 16.1 Å². The van der Waals surface area contributed by atoms with Gasteiger partial charge in [-0.2, -0.15) is 17.0 Å². The molecule has 1 aromatic heterocycles. The van der Waals surface area contributed by atoms with Crippen LogP contribution in [0.1, 0.15) is 53.9 Å². The number of fused-ring (bicyclic) bond motifs is 1. The number of nitrogens with zero attached hydrogens (tertiary/aromatic N) is 5. The van der Waals surface area contributed by atoms with E-state index >= 15 is 0 Å². The number of amides is 1. The summed E-state index contributed by atoms with van der Waals surface area (Å²) in [7, 11) is -2.01. The number of rotatable bonds is 7. The molecule has 1 aromatic carbocycles. The minimum absolute atomic E-state index is 0.127. The van der Waals surface area contributed by atoms with E-state index in [0.29, 0.717) is 54.7 Å². The number of hydrazine groups is 2. The third kappa shape index (κ3) is 4.99. The number of methoxy groups -OCH3 is 1. The van der Waals surface area contributed by atoms with Crippen LogP contribution in [-0.4, -0.2) is 71.5 Å². The predicted octanol–water partition coefficient (Wildman–Crippen LogP) is 1.44. The van der Waals surface area contributed by atoms with Crippen molar-refractivity contribution in [3.63, 3.8) is 0 Å². The van der Waals surface area contributed by atoms with Crippen molar-refractivity contribution in [2.24, 2.45) is 5.10 Å². The van der Waals surface area contributed by atoms with Gasteiger partial charge in [0.2, 0.25) is 0 Å². The maximum absolute atomic E-state index is 13.3. The van der Waals surface area contributed by atoms with Crippen molar-refractivity contribution in [2.75, 3.05) is 32.1 Å². The van der Waals surface area contributed by atoms with Crippen LogP contribution in [0.2, 0.25) is 0 Å². The van der Waals surface area contributed by atoms with Crippen LogP contribution in [-0.2, 0) is 23.2 Å². The highest BCUT2D eigenvalue weighted by Gasteiger charge is 2.34. The number of aromatic nitrogens is 1. The Morgan fingerprint density at radius 3 is 2.62 bits per heavy atom. The Labute approximate surface area is 216 Å². The van der Waals surface area contributed by atoms with Crippen LogP contribution >= 0.6 is 0 Å². The van der Waals surface area contributed by atoms with Gasteiger partial charge in [-0.25, -0.2) is 10.5 Å². The fourth-order valence-corrected chi connectivity index (χ4v) is 6.46. The van der Waals surface area contributed by atoms with E-state index in [1.807, 2.05) is 31.0 Å². The highest BCUT2D eigenvalue weighted by molar-refractivity contribution is 7.86. The lowest BCUT2D eigenvalue weighted by molar-refractivity contribution is 0.102. The van der Waals surface area contributed by atoms with E-state index in [0.717, 1.165) is 24.0 Å². The van der Waals surface area contributed by atoms with Crippen molar-refractivity contribution >= 4 is 27.8 Å². The molecular formula is C24H32N8O4S. The molecule has 4 heterocycles. The zero-order valence-electron chi connectivity index (χ0n) is 21.2. The van der Waals surface area contributed by atoms with Crippen molar-refractivity contribution in [3.8, 4) is 5.75 Å². The van der Waals surface area contributed by atoms with Gasteiger partial charge in [0.1, 0.15) is 17.3 Å². The molecule has 0 atom stereocenters. The van der Waals surface area contributed by atoms with Crippen molar-refractivity contribution < 1.29 is 17.9 Å². The number of amidine groups is 1. The minimum atomic E-state index is -3.53. The zero-order valence-corrected chi connectivity index (χ0v) is 22.0. The highest BCUT2D eigenvalue weighted by atomic mass is 32.2. The Balaban J connectivity index is 1.37. The number of ether oxygens (including phenoxy) is 1. The van der Waals surface area contributed by atoms with Crippen LogP contribution in [0.4, 0.5) is 5.82 Å². The number of hydrazone groups is 1. The van der Waals surface area contributed by atoms with Gasteiger partial charge in [0.05, 0.1) is 12.7 Å². The molecule has 5 rings (SSSR count). The van der Waals surface area contributed by atoms with Crippen molar-refractivity contribution in [2.45, 2.75) is 45.7 Å². The molecule has 1 saturated heterocycles. The van der Waals surface area contributed by atoms with Gasteiger partial charge in [0.15, 0.2) is 5.84 Å². The van der Waals surface area contributed by atoms with Crippen LogP contribution in [0.25, 0.3) is 0 Å². The lowest BCUT2D eigenvalue weighted by Crippen LogP contribution is -2.45. The normalized spacial score (nSPS) is 18.5. The van der Waals surface area contributed by atoms with Gasteiger partial charge in [-0.05, 0) is 68.5 Å². The first-order valence-corrected chi connectivity index (χ1v) is 13.8. The van der Waals surface area contributed by atoms with E-state index in [4.69, 9.17) is 4.74 Å². The largest absolute Gasteiger partial charge is 0.496 e. The summed E-state index contributed by atoms with van der Waals surface area (Å²) >= 11 is 0. The van der Waals surface area contributed by atoms with E-state index in [1.165, 1.54) is 11.4 Å². The molecule has 0 spiro atoms. The molecule has 12 nitrogen and oxygen atoms in total. The van der Waals surface area contributed by atoms with Crippen LogP contribution in [0.15, 0.2) is 35.4 Å². The molecule has 37 heavy (non-hydrogen) atoms. The molecule has 0 aliphatic carbocycles. The second-order valence-corrected chi connectivity index (χ2v) is 11.4. The first-order chi connectivity index (χ1) is 17.8. The Hall–Kier alpha value is -3.26. The maximum atomic E-state index is 13.3. The average Bonchev–Trinajstić information content (AvgIpc) is 3.61. The summed E-state index contributed by atoms with van der Waals surface area (Å²) in [6.45, 7) is 5.76. The van der Waals surface area contributed by atoms with E-state index in [2.05, 4.69) is 26.5 Å². The van der Waals surface area contributed by atoms with Crippen molar-refractivity contribution in [3.05, 3.63) is 52.7 Å². The first-order valence-electron chi connectivity index (χ1n) is 12.4. The average molecular weight is 529 g/mol. The van der Waals surface area contributed by atoms with Crippen LogP contribution in [0, 0.1) is 0 Å². The fraction of sp³-hybridized carbons (Fsp3) is 0.458. The van der Waals surface area contributed by atoms with Crippen molar-refractivity contribution in [1.82, 2.24) is 29.7 Å². The number of hydrogen-bond acceptors (Lipinski definition) is 9. The molecule has 2 aromatic rings. The standard InChI is InChI=1S/C24H32N8O4S/c1-16(2)32-23(27-28-29-32)20-7-6-8-22(25-20)26-24(33)19-13-18-15-31(12-9-17(18)14-21(19)36-3)37(34,35)30-10-4-5-11-30/h6-8,13-14,16,28-29H,4-5,9-12,15H2,1-3H3,(H,25,26,33). The zero-order chi connectivity index (χ0) is 26.2. The second-order valence-electron chi connectivity index (χ2n) is 9.50. The summed E-state index contributed by atoms with van der Waals surface area (Å²) in [5.41, 5.74) is 8.37. The second kappa shape index (κ2) is 10.2. The molecule has 1 amide bonds. The molecule has 3 N–H and O–H groups in total. The molecular weight excluding hydrogens is 496 g/mol. The smallest absolute Gasteiger partial charge is 0.282 e. The highest BCUT2D eigenvalue weighted by Crippen LogP contribution is 2.31. The molecule has 13 heteroatoms. The minimum Gasteiger partial charge on any atom is -0.496 e. The first kappa shape index (κ1) is 25.4. The molecule has 3 aliphatic heterocycles. The van der Waals surface area contributed by atoms with E-state index < -0.39 is 16.1 Å². The molecule has 1 fully saturated rings. The summed E-state index contributed by atoms with van der Waals surface area (Å²) in [5.74, 6) is 1.01. The van der Waals surface area contributed by atoms with Gasteiger partial charge in [-0.15, -0.1) is 10.6 Å². The fourth-order valence-electron chi connectivity index (χ4n) is 4.79. The Morgan fingerprint density at radius 1 is 1.11 bits per heavy atom. The summed E-state index contributed by atoms with van der Waals surface area (Å²) in [6.07, 6.45) is 2.33. The lowest BCUT2D eigenvalue weighted by atomic mass is 9.97. The Kier molecular flexibility index (Phi) is 7.03. The van der Waals surface area contributed by atoms with Gasteiger partial charge < -0.3 is 10.1 Å². The molecule has 3 aliphatic rings. The van der Waals surface area contributed by atoms with Crippen LogP contribution in [0.3, 0.4) is 0 Å². The lowest BCUT2D eigenvalue weighted by Gasteiger charge is -2.31. The van der Waals surface area contributed by atoms with E-state index in [1.54, 1.807) is 22.5 Å². The summed E-state index contributed by atoms with van der Waals surface area (Å²) < 4.78 is 34.8. The van der Waals surface area contributed by atoms with Gasteiger partial charge in [0, 0.05) is 32.2 Å². The molecule has 0 saturated carbocycles. The molecule has 0 radical (unpaired) electrons. The van der Waals surface area contributed by atoms with Crippen LogP contribution < -0.4 is 21.1 Å². The predicted molar refractivity (Wildman–Crippen MR) is 139 cm³/mol. The third-order valence-electron chi connectivity index (χ3n) is 6.76. The Morgan fingerprint density at radius 2 is 1.89 bits per heavy atom. The number of anilines is 1. The molecule has 0 bridgehead atoms. The van der Waals surface area contributed by atoms with E-state index in [-0.39, 0.29) is 12.6 Å². The quantitative estimate of drug-likeness (QED) is 0.492. The van der Waals surface area contributed by atoms with Gasteiger partial charge in [-0.3, -0.25) is 9.80 Å². The number of benzene rings is 1. The van der Waals surface area contributed by atoms with Crippen LogP contribution in [0.5, 0.6) is 5.75 Å². The number of carbonyl (C=O) groups excluding carboxylic acids is 1. The van der Waals surface area contributed by atoms with Gasteiger partial charge in [-0.1, -0.05) is 6.07 Å². The SMILES string of the molecule is COc1cc2c(cc1C(=O)Nc1cccc(C3=NNNN3C(C)C)n1)CN(S(=O)(=O)N1CCCC1)CC2. The maximum Gasteiger partial charge on any atom is 0.282 e. The molecule has 198 valence electrons. The Bertz CT molecular complexity index is 1320. The number of nitrogens with one attached hydrogen (secondary N) is 3.